The number of hydrogen-bond donors (Lipinski definition) is 3. The molecule has 132 valence electrons. The van der Waals surface area contributed by atoms with Gasteiger partial charge in [-0.25, -0.2) is 0 Å². The molecule has 1 amide bonds. The molecule has 0 bridgehead atoms. The van der Waals surface area contributed by atoms with Gasteiger partial charge in [-0.2, -0.15) is 0 Å². The van der Waals surface area contributed by atoms with Crippen LogP contribution in [0.15, 0.2) is 36.4 Å². The Morgan fingerprint density at radius 1 is 1.28 bits per heavy atom. The molecule has 2 aromatic rings. The van der Waals surface area contributed by atoms with Crippen LogP contribution < -0.4 is 9.67 Å². The van der Waals surface area contributed by atoms with Crippen molar-refractivity contribution in [2.24, 2.45) is 0 Å². The minimum absolute atomic E-state index is 0.0232. The van der Waals surface area contributed by atoms with E-state index in [9.17, 15) is 22.7 Å². The summed E-state index contributed by atoms with van der Waals surface area (Å²) in [5.41, 5.74) is 0.311. The summed E-state index contributed by atoms with van der Waals surface area (Å²) in [7, 11) is 0. The zero-order valence-electron chi connectivity index (χ0n) is 13.3. The molecule has 2 aromatic carbocycles. The van der Waals surface area contributed by atoms with Crippen molar-refractivity contribution in [1.82, 2.24) is 0 Å². The third-order valence-electron chi connectivity index (χ3n) is 3.35. The van der Waals surface area contributed by atoms with Crippen LogP contribution >= 0.6 is 0 Å². The van der Waals surface area contributed by atoms with E-state index < -0.39 is 25.0 Å². The summed E-state index contributed by atoms with van der Waals surface area (Å²) in [6.45, 7) is 2.86. The second-order valence-electron chi connectivity index (χ2n) is 5.27. The molecule has 1 atom stereocenters. The van der Waals surface area contributed by atoms with E-state index in [4.69, 9.17) is 5.26 Å². The summed E-state index contributed by atoms with van der Waals surface area (Å²) in [4.78, 5) is 22.1. The van der Waals surface area contributed by atoms with Crippen LogP contribution in [0, 0.1) is 17.0 Å². The zero-order valence-corrected chi connectivity index (χ0v) is 15.2. The number of benzene rings is 2. The maximum atomic E-state index is 12.4. The number of aryl methyl sites for hydroxylation is 1. The van der Waals surface area contributed by atoms with Crippen molar-refractivity contribution in [3.8, 4) is 11.1 Å². The fraction of sp³-hybridized carbons (Fsp3) is 0.133. The van der Waals surface area contributed by atoms with Crippen LogP contribution in [0.25, 0.3) is 11.1 Å². The number of nitro groups is 1. The van der Waals surface area contributed by atoms with Crippen LogP contribution in [0.2, 0.25) is 0 Å². The van der Waals surface area contributed by atoms with Gasteiger partial charge in [0.05, 0.1) is 0 Å². The number of hydrogen-bond acceptors (Lipinski definition) is 6. The average molecular weight is 410 g/mol. The molecule has 25 heavy (non-hydrogen) atoms. The number of carbonyl (C=O) groups excluding carboxylic acids is 1. The fourth-order valence-electron chi connectivity index (χ4n) is 2.47. The van der Waals surface area contributed by atoms with Gasteiger partial charge in [-0.1, -0.05) is 0 Å². The van der Waals surface area contributed by atoms with Gasteiger partial charge in [-0.15, -0.1) is 0 Å². The summed E-state index contributed by atoms with van der Waals surface area (Å²) in [5.74, 6) is -0.520. The monoisotopic (exact) mass is 410 g/mol. The van der Waals surface area contributed by atoms with Crippen molar-refractivity contribution >= 4 is 35.8 Å². The van der Waals surface area contributed by atoms with E-state index in [1.54, 1.807) is 6.92 Å². The predicted octanol–water partition coefficient (Wildman–Crippen LogP) is 1.59. The third kappa shape index (κ3) is 3.97. The van der Waals surface area contributed by atoms with Crippen LogP contribution in [0.1, 0.15) is 12.5 Å². The molecule has 0 heterocycles. The number of rotatable bonds is 5. The van der Waals surface area contributed by atoms with Crippen LogP contribution in [-0.2, 0) is 12.4 Å². The van der Waals surface area contributed by atoms with Gasteiger partial charge in [0.15, 0.2) is 0 Å². The first-order valence-electron chi connectivity index (χ1n) is 7.00. The molecule has 10 heteroatoms. The number of amides is 1. The van der Waals surface area contributed by atoms with E-state index >= 15 is 0 Å². The summed E-state index contributed by atoms with van der Waals surface area (Å²) in [6, 6.07) is 8.50. The molecular formula is C15H15AsN2O7. The molecule has 0 aliphatic heterocycles. The first-order chi connectivity index (χ1) is 11.7. The van der Waals surface area contributed by atoms with Crippen LogP contribution in [-0.4, -0.2) is 34.4 Å². The van der Waals surface area contributed by atoms with Crippen LogP contribution in [0.4, 0.5) is 11.4 Å². The van der Waals surface area contributed by atoms with Crippen molar-refractivity contribution in [2.75, 3.05) is 5.32 Å². The number of carbonyl (C=O) groups is 1. The molecule has 3 N–H and O–H groups in total. The van der Waals surface area contributed by atoms with E-state index in [1.807, 2.05) is 0 Å². The first-order valence-corrected chi connectivity index (χ1v) is 10.3. The Morgan fingerprint density at radius 3 is 2.48 bits per heavy atom. The summed E-state index contributed by atoms with van der Waals surface area (Å²) in [6.07, 6.45) is 0. The predicted molar refractivity (Wildman–Crippen MR) is 89.6 cm³/mol. The maximum absolute atomic E-state index is 12.4. The molecule has 0 aromatic heterocycles. The number of nitrogens with one attached hydrogen (secondary N) is 1. The van der Waals surface area contributed by atoms with Crippen molar-refractivity contribution < 1.29 is 26.7 Å². The van der Waals surface area contributed by atoms with E-state index in [-0.39, 0.29) is 26.9 Å². The molecule has 0 aliphatic rings. The van der Waals surface area contributed by atoms with Gasteiger partial charge in [0.2, 0.25) is 0 Å². The average Bonchev–Trinajstić information content (AvgIpc) is 2.53. The van der Waals surface area contributed by atoms with Crippen LogP contribution in [0.5, 0.6) is 0 Å². The zero-order chi connectivity index (χ0) is 18.8. The SMILES string of the molecule is CC(=O)Nc1cc(C)cc(-c2ccccc2[N+](=O)[O-])c1[As](=O)(O)OO. The molecule has 2 rings (SSSR count). The molecule has 0 spiro atoms. The second-order valence-corrected chi connectivity index (χ2v) is 8.73. The summed E-state index contributed by atoms with van der Waals surface area (Å²) >= 11 is -5.50. The van der Waals surface area contributed by atoms with Gasteiger partial charge in [0.1, 0.15) is 0 Å². The minimum atomic E-state index is -5.50. The number of nitro benzene ring substituents is 1. The van der Waals surface area contributed by atoms with Crippen molar-refractivity contribution in [3.05, 3.63) is 52.1 Å². The Labute approximate surface area is 145 Å². The first kappa shape index (κ1) is 18.9. The van der Waals surface area contributed by atoms with Crippen LogP contribution in [0.3, 0.4) is 0 Å². The number of nitrogens with zero attached hydrogens (tertiary/aromatic N) is 1. The Kier molecular flexibility index (Phi) is 5.44. The number of para-hydroxylation sites is 1. The molecule has 0 saturated carbocycles. The summed E-state index contributed by atoms with van der Waals surface area (Å²) < 4.78 is 25.9. The Bertz CT molecular complexity index is 897. The van der Waals surface area contributed by atoms with E-state index in [2.05, 4.69) is 9.19 Å². The standard InChI is InChI=1S/C15H15AsN2O7/c1-9-7-12(11-5-3-4-6-14(11)18(22)23)15(16(20,21)25-24)13(8-9)17-10(2)19/h3-8,24H,1-2H3,(H,17,19)(H,20,21). The normalized spacial score (nSPS) is 13.1. The molecule has 0 saturated heterocycles. The van der Waals surface area contributed by atoms with Crippen molar-refractivity contribution in [2.45, 2.75) is 13.8 Å². The second kappa shape index (κ2) is 7.20. The Hall–Kier alpha value is -2.45. The molecule has 9 nitrogen and oxygen atoms in total. The Morgan fingerprint density at radius 2 is 1.92 bits per heavy atom. The topological polar surface area (TPSA) is 139 Å². The quantitative estimate of drug-likeness (QED) is 0.294. The van der Waals surface area contributed by atoms with Gasteiger partial charge < -0.3 is 0 Å². The molecular weight excluding hydrogens is 395 g/mol. The third-order valence-corrected chi connectivity index (χ3v) is 6.01. The Balaban J connectivity index is 2.91. The van der Waals surface area contributed by atoms with Crippen molar-refractivity contribution in [1.29, 1.82) is 0 Å². The molecule has 1 unspecified atom stereocenters. The fourth-order valence-corrected chi connectivity index (χ4v) is 4.56. The molecule has 0 fully saturated rings. The summed E-state index contributed by atoms with van der Waals surface area (Å²) in [5, 5.41) is 22.6. The van der Waals surface area contributed by atoms with E-state index in [0.29, 0.717) is 5.56 Å². The van der Waals surface area contributed by atoms with Gasteiger partial charge in [-0.3, -0.25) is 0 Å². The number of anilines is 1. The van der Waals surface area contributed by atoms with Gasteiger partial charge >= 0.3 is 145 Å². The molecule has 0 aliphatic carbocycles. The van der Waals surface area contributed by atoms with Gasteiger partial charge in [-0.05, 0) is 0 Å². The van der Waals surface area contributed by atoms with Gasteiger partial charge in [0.25, 0.3) is 0 Å². The van der Waals surface area contributed by atoms with Gasteiger partial charge in [0, 0.05) is 0 Å². The van der Waals surface area contributed by atoms with E-state index in [1.165, 1.54) is 43.3 Å². The van der Waals surface area contributed by atoms with Crippen molar-refractivity contribution in [3.63, 3.8) is 0 Å². The van der Waals surface area contributed by atoms with E-state index in [0.717, 1.165) is 0 Å². The molecule has 0 radical (unpaired) electrons.